The van der Waals surface area contributed by atoms with Gasteiger partial charge in [0.1, 0.15) is 18.7 Å². The van der Waals surface area contributed by atoms with Crippen molar-refractivity contribution in [3.05, 3.63) is 60.2 Å². The number of amides is 2. The van der Waals surface area contributed by atoms with E-state index >= 15 is 0 Å². The van der Waals surface area contributed by atoms with Crippen molar-refractivity contribution in [1.82, 2.24) is 10.6 Å². The molecular formula is C23H26N2O4. The van der Waals surface area contributed by atoms with Crippen LogP contribution in [0.15, 0.2) is 54.6 Å². The van der Waals surface area contributed by atoms with Crippen molar-refractivity contribution in [1.29, 1.82) is 0 Å². The number of carbonyl (C=O) groups is 3. The molecule has 2 atom stereocenters. The van der Waals surface area contributed by atoms with E-state index in [1.165, 1.54) is 0 Å². The first kappa shape index (κ1) is 20.7. The van der Waals surface area contributed by atoms with Crippen LogP contribution in [0.2, 0.25) is 0 Å². The number of hydrogen-bond acceptors (Lipinski definition) is 4. The first-order valence-corrected chi connectivity index (χ1v) is 9.81. The van der Waals surface area contributed by atoms with Crippen LogP contribution in [-0.4, -0.2) is 42.9 Å². The molecular weight excluding hydrogens is 368 g/mol. The zero-order valence-corrected chi connectivity index (χ0v) is 16.7. The molecule has 0 aromatic heterocycles. The van der Waals surface area contributed by atoms with Crippen LogP contribution < -0.4 is 10.6 Å². The normalized spacial score (nSPS) is 17.2. The van der Waals surface area contributed by atoms with Crippen molar-refractivity contribution in [2.75, 3.05) is 13.2 Å². The molecule has 0 aliphatic carbocycles. The van der Waals surface area contributed by atoms with Gasteiger partial charge < -0.3 is 15.4 Å². The van der Waals surface area contributed by atoms with Crippen LogP contribution in [0.5, 0.6) is 0 Å². The number of Topliss-reactive ketones (excluding diaryl/α,β-unsaturated/α-hetero) is 1. The van der Waals surface area contributed by atoms with Gasteiger partial charge in [-0.25, -0.2) is 0 Å². The highest BCUT2D eigenvalue weighted by molar-refractivity contribution is 5.99. The van der Waals surface area contributed by atoms with E-state index < -0.39 is 12.1 Å². The third-order valence-electron chi connectivity index (χ3n) is 4.82. The second-order valence-electron chi connectivity index (χ2n) is 7.64. The Labute approximate surface area is 170 Å². The van der Waals surface area contributed by atoms with E-state index in [0.29, 0.717) is 12.0 Å². The Bertz CT molecular complexity index is 862. The van der Waals surface area contributed by atoms with E-state index in [4.69, 9.17) is 4.74 Å². The molecule has 6 nitrogen and oxygen atoms in total. The Morgan fingerprint density at radius 1 is 1.03 bits per heavy atom. The van der Waals surface area contributed by atoms with Crippen LogP contribution in [0.25, 0.3) is 11.1 Å². The van der Waals surface area contributed by atoms with Crippen molar-refractivity contribution in [2.24, 2.45) is 5.92 Å². The Kier molecular flexibility index (Phi) is 6.77. The number of hydrogen-bond donors (Lipinski definition) is 2. The minimum Gasteiger partial charge on any atom is -0.371 e. The van der Waals surface area contributed by atoms with Gasteiger partial charge in [-0.05, 0) is 35.6 Å². The fourth-order valence-electron chi connectivity index (χ4n) is 3.25. The number of ether oxygens (including phenoxy) is 1. The smallest absolute Gasteiger partial charge is 0.251 e. The van der Waals surface area contributed by atoms with Crippen LogP contribution in [0.3, 0.4) is 0 Å². The molecule has 29 heavy (non-hydrogen) atoms. The van der Waals surface area contributed by atoms with Crippen LogP contribution >= 0.6 is 0 Å². The summed E-state index contributed by atoms with van der Waals surface area (Å²) < 4.78 is 5.08. The third-order valence-corrected chi connectivity index (χ3v) is 4.82. The highest BCUT2D eigenvalue weighted by atomic mass is 16.5. The van der Waals surface area contributed by atoms with E-state index in [9.17, 15) is 14.4 Å². The van der Waals surface area contributed by atoms with E-state index in [1.807, 2.05) is 56.3 Å². The topological polar surface area (TPSA) is 84.5 Å². The maximum absolute atomic E-state index is 12.7. The largest absolute Gasteiger partial charge is 0.371 e. The lowest BCUT2D eigenvalue weighted by Crippen LogP contribution is -2.52. The Hall–Kier alpha value is -2.99. The van der Waals surface area contributed by atoms with Gasteiger partial charge in [-0.1, -0.05) is 56.3 Å². The van der Waals surface area contributed by atoms with Gasteiger partial charge in [-0.15, -0.1) is 0 Å². The first-order chi connectivity index (χ1) is 13.9. The summed E-state index contributed by atoms with van der Waals surface area (Å²) in [5, 5.41) is 5.50. The first-order valence-electron chi connectivity index (χ1n) is 9.81. The summed E-state index contributed by atoms with van der Waals surface area (Å²) in [5.41, 5.74) is 2.56. The van der Waals surface area contributed by atoms with Crippen LogP contribution in [-0.2, 0) is 14.3 Å². The Balaban J connectivity index is 1.67. The minimum absolute atomic E-state index is 0.0138. The summed E-state index contributed by atoms with van der Waals surface area (Å²) in [6.07, 6.45) is 0.474. The molecule has 0 spiro atoms. The van der Waals surface area contributed by atoms with Crippen molar-refractivity contribution >= 4 is 17.6 Å². The summed E-state index contributed by atoms with van der Waals surface area (Å²) in [7, 11) is 0. The lowest BCUT2D eigenvalue weighted by Gasteiger charge is -2.21. The summed E-state index contributed by atoms with van der Waals surface area (Å²) >= 11 is 0. The van der Waals surface area contributed by atoms with E-state index in [2.05, 4.69) is 10.6 Å². The number of nitrogens with one attached hydrogen (secondary N) is 2. The molecule has 2 N–H and O–H groups in total. The van der Waals surface area contributed by atoms with E-state index in [1.54, 1.807) is 12.1 Å². The molecule has 152 valence electrons. The Morgan fingerprint density at radius 2 is 1.69 bits per heavy atom. The molecule has 0 bridgehead atoms. The SMILES string of the molecule is CC(C)C[C@H](NC(=O)c1ccc(-c2ccccc2)cc1)C(=O)NC1COCC1=O. The summed E-state index contributed by atoms with van der Waals surface area (Å²) in [6, 6.07) is 15.8. The van der Waals surface area contributed by atoms with Gasteiger partial charge in [0.2, 0.25) is 5.91 Å². The number of rotatable bonds is 7. The zero-order valence-electron chi connectivity index (χ0n) is 16.7. The molecule has 6 heteroatoms. The summed E-state index contributed by atoms with van der Waals surface area (Å²) in [6.45, 7) is 4.14. The highest BCUT2D eigenvalue weighted by Gasteiger charge is 2.30. The third kappa shape index (κ3) is 5.51. The zero-order chi connectivity index (χ0) is 20.8. The standard InChI is InChI=1S/C23H26N2O4/c1-15(2)12-19(23(28)25-20-13-29-14-21(20)26)24-22(27)18-10-8-17(9-11-18)16-6-4-3-5-7-16/h3-11,15,19-20H,12-14H2,1-2H3,(H,24,27)(H,25,28)/t19-,20?/m0/s1. The van der Waals surface area contributed by atoms with E-state index in [-0.39, 0.29) is 36.7 Å². The van der Waals surface area contributed by atoms with Gasteiger partial charge in [0, 0.05) is 5.56 Å². The second kappa shape index (κ2) is 9.47. The fraction of sp³-hybridized carbons (Fsp3) is 0.348. The van der Waals surface area contributed by atoms with Crippen LogP contribution in [0.1, 0.15) is 30.6 Å². The van der Waals surface area contributed by atoms with Crippen LogP contribution in [0.4, 0.5) is 0 Å². The average molecular weight is 394 g/mol. The monoisotopic (exact) mass is 394 g/mol. The molecule has 2 amide bonds. The maximum atomic E-state index is 12.7. The summed E-state index contributed by atoms with van der Waals surface area (Å²) in [4.78, 5) is 37.1. The molecule has 0 radical (unpaired) electrons. The highest BCUT2D eigenvalue weighted by Crippen LogP contribution is 2.19. The molecule has 1 saturated heterocycles. The van der Waals surface area contributed by atoms with E-state index in [0.717, 1.165) is 11.1 Å². The molecule has 1 aliphatic rings. The van der Waals surface area contributed by atoms with Gasteiger partial charge in [-0.3, -0.25) is 14.4 Å². The van der Waals surface area contributed by atoms with Crippen molar-refractivity contribution < 1.29 is 19.1 Å². The predicted octanol–water partition coefficient (Wildman–Crippen LogP) is 2.58. The van der Waals surface area contributed by atoms with Crippen molar-refractivity contribution in [3.8, 4) is 11.1 Å². The fourth-order valence-corrected chi connectivity index (χ4v) is 3.25. The lowest BCUT2D eigenvalue weighted by molar-refractivity contribution is -0.127. The van der Waals surface area contributed by atoms with Crippen molar-refractivity contribution in [2.45, 2.75) is 32.4 Å². The van der Waals surface area contributed by atoms with Gasteiger partial charge in [0.15, 0.2) is 5.78 Å². The number of benzene rings is 2. The summed E-state index contributed by atoms with van der Waals surface area (Å²) in [5.74, 6) is -0.636. The molecule has 1 aliphatic heterocycles. The van der Waals surface area contributed by atoms with Gasteiger partial charge in [0.05, 0.1) is 6.61 Å². The van der Waals surface area contributed by atoms with Gasteiger partial charge >= 0.3 is 0 Å². The van der Waals surface area contributed by atoms with Gasteiger partial charge in [-0.2, -0.15) is 0 Å². The average Bonchev–Trinajstić information content (AvgIpc) is 3.12. The molecule has 1 heterocycles. The minimum atomic E-state index is -0.718. The molecule has 2 aromatic carbocycles. The molecule has 1 fully saturated rings. The molecule has 0 saturated carbocycles. The predicted molar refractivity (Wildman–Crippen MR) is 110 cm³/mol. The number of carbonyl (C=O) groups excluding carboxylic acids is 3. The molecule has 3 rings (SSSR count). The Morgan fingerprint density at radius 3 is 2.28 bits per heavy atom. The quantitative estimate of drug-likeness (QED) is 0.756. The maximum Gasteiger partial charge on any atom is 0.251 e. The number of ketones is 1. The second-order valence-corrected chi connectivity index (χ2v) is 7.64. The molecule has 2 aromatic rings. The van der Waals surface area contributed by atoms with Gasteiger partial charge in [0.25, 0.3) is 5.91 Å². The van der Waals surface area contributed by atoms with Crippen LogP contribution in [0, 0.1) is 5.92 Å². The van der Waals surface area contributed by atoms with Crippen molar-refractivity contribution in [3.63, 3.8) is 0 Å². The lowest BCUT2D eigenvalue weighted by atomic mass is 10.0. The molecule has 1 unspecified atom stereocenters.